The van der Waals surface area contributed by atoms with Gasteiger partial charge in [-0.05, 0) is 36.8 Å². The van der Waals surface area contributed by atoms with E-state index in [2.05, 4.69) is 20.8 Å². The summed E-state index contributed by atoms with van der Waals surface area (Å²) in [7, 11) is 0. The zero-order valence-corrected chi connectivity index (χ0v) is 11.9. The van der Waals surface area contributed by atoms with E-state index < -0.39 is 0 Å². The second-order valence-corrected chi connectivity index (χ2v) is 4.99. The van der Waals surface area contributed by atoms with E-state index >= 15 is 0 Å². The van der Waals surface area contributed by atoms with Gasteiger partial charge in [-0.1, -0.05) is 18.2 Å². The van der Waals surface area contributed by atoms with Crippen LogP contribution in [0.3, 0.4) is 0 Å². The quantitative estimate of drug-likeness (QED) is 0.797. The molecule has 3 aromatic rings. The molecule has 0 saturated heterocycles. The number of nitrogens with zero attached hydrogens (tertiary/aromatic N) is 3. The molecule has 4 heteroatoms. The fraction of sp³-hybridized carbons (Fsp3) is 0.176. The molecule has 2 aromatic heterocycles. The molecule has 2 heterocycles. The summed E-state index contributed by atoms with van der Waals surface area (Å²) in [5.74, 6) is 0. The molecule has 0 aliphatic rings. The Hall–Kier alpha value is -2.64. The predicted octanol–water partition coefficient (Wildman–Crippen LogP) is 2.80. The first kappa shape index (κ1) is 13.3. The SMILES string of the molecule is Cc1nc2ccccn2c1CNCc1cccc(C#N)c1. The monoisotopic (exact) mass is 276 g/mol. The van der Waals surface area contributed by atoms with Gasteiger partial charge < -0.3 is 9.72 Å². The first-order valence-electron chi connectivity index (χ1n) is 6.90. The van der Waals surface area contributed by atoms with Crippen LogP contribution in [0.5, 0.6) is 0 Å². The lowest BCUT2D eigenvalue weighted by molar-refractivity contribution is 0.672. The summed E-state index contributed by atoms with van der Waals surface area (Å²) < 4.78 is 2.11. The van der Waals surface area contributed by atoms with Gasteiger partial charge in [-0.25, -0.2) is 4.98 Å². The van der Waals surface area contributed by atoms with Crippen LogP contribution in [0.25, 0.3) is 5.65 Å². The van der Waals surface area contributed by atoms with Crippen molar-refractivity contribution in [3.8, 4) is 6.07 Å². The van der Waals surface area contributed by atoms with Crippen molar-refractivity contribution in [2.45, 2.75) is 20.0 Å². The fourth-order valence-corrected chi connectivity index (χ4v) is 2.45. The van der Waals surface area contributed by atoms with Gasteiger partial charge in [-0.3, -0.25) is 0 Å². The molecule has 0 atom stereocenters. The zero-order valence-electron chi connectivity index (χ0n) is 11.9. The van der Waals surface area contributed by atoms with Crippen molar-refractivity contribution in [3.05, 3.63) is 71.2 Å². The molecular weight excluding hydrogens is 260 g/mol. The second-order valence-electron chi connectivity index (χ2n) is 4.99. The zero-order chi connectivity index (χ0) is 14.7. The minimum Gasteiger partial charge on any atom is -0.307 e. The Labute approximate surface area is 123 Å². The van der Waals surface area contributed by atoms with Gasteiger partial charge in [-0.2, -0.15) is 5.26 Å². The Kier molecular flexibility index (Phi) is 3.67. The number of imidazole rings is 1. The number of benzene rings is 1. The Balaban J connectivity index is 1.72. The van der Waals surface area contributed by atoms with E-state index in [-0.39, 0.29) is 0 Å². The lowest BCUT2D eigenvalue weighted by Gasteiger charge is -2.06. The molecule has 4 nitrogen and oxygen atoms in total. The summed E-state index contributed by atoms with van der Waals surface area (Å²) >= 11 is 0. The van der Waals surface area contributed by atoms with Crippen LogP contribution < -0.4 is 5.32 Å². The van der Waals surface area contributed by atoms with Gasteiger partial charge in [-0.15, -0.1) is 0 Å². The molecule has 104 valence electrons. The third-order valence-corrected chi connectivity index (χ3v) is 3.51. The van der Waals surface area contributed by atoms with E-state index in [1.54, 1.807) is 0 Å². The van der Waals surface area contributed by atoms with Crippen LogP contribution in [0, 0.1) is 18.3 Å². The molecule has 21 heavy (non-hydrogen) atoms. The number of hydrogen-bond donors (Lipinski definition) is 1. The van der Waals surface area contributed by atoms with Crippen LogP contribution in [0.4, 0.5) is 0 Å². The smallest absolute Gasteiger partial charge is 0.137 e. The van der Waals surface area contributed by atoms with Crippen molar-refractivity contribution in [1.82, 2.24) is 14.7 Å². The van der Waals surface area contributed by atoms with Gasteiger partial charge in [0.2, 0.25) is 0 Å². The Morgan fingerprint density at radius 1 is 1.19 bits per heavy atom. The number of aryl methyl sites for hydroxylation is 1. The highest BCUT2D eigenvalue weighted by Gasteiger charge is 2.07. The van der Waals surface area contributed by atoms with Crippen molar-refractivity contribution in [2.24, 2.45) is 0 Å². The summed E-state index contributed by atoms with van der Waals surface area (Å²) in [5.41, 5.74) is 4.99. The van der Waals surface area contributed by atoms with Crippen LogP contribution in [0.15, 0.2) is 48.7 Å². The molecule has 0 aliphatic heterocycles. The molecular formula is C17H16N4. The summed E-state index contributed by atoms with van der Waals surface area (Å²) in [5, 5.41) is 12.3. The van der Waals surface area contributed by atoms with Gasteiger partial charge in [0, 0.05) is 19.3 Å². The van der Waals surface area contributed by atoms with Gasteiger partial charge in [0.15, 0.2) is 0 Å². The number of fused-ring (bicyclic) bond motifs is 1. The number of nitrogens with one attached hydrogen (secondary N) is 1. The highest BCUT2D eigenvalue weighted by Crippen LogP contribution is 2.12. The van der Waals surface area contributed by atoms with E-state index in [9.17, 15) is 0 Å². The van der Waals surface area contributed by atoms with Crippen molar-refractivity contribution in [3.63, 3.8) is 0 Å². The summed E-state index contributed by atoms with van der Waals surface area (Å²) in [6.07, 6.45) is 2.03. The van der Waals surface area contributed by atoms with Gasteiger partial charge in [0.05, 0.1) is 23.0 Å². The van der Waals surface area contributed by atoms with Gasteiger partial charge in [0.25, 0.3) is 0 Å². The van der Waals surface area contributed by atoms with Crippen LogP contribution in [0.1, 0.15) is 22.5 Å². The largest absolute Gasteiger partial charge is 0.307 e. The lowest BCUT2D eigenvalue weighted by atomic mass is 10.1. The molecule has 0 radical (unpaired) electrons. The maximum atomic E-state index is 8.91. The maximum Gasteiger partial charge on any atom is 0.137 e. The van der Waals surface area contributed by atoms with Crippen molar-refractivity contribution in [1.29, 1.82) is 5.26 Å². The molecule has 1 aromatic carbocycles. The summed E-state index contributed by atoms with van der Waals surface area (Å²) in [6.45, 7) is 3.50. The van der Waals surface area contributed by atoms with E-state index in [1.807, 2.05) is 55.6 Å². The maximum absolute atomic E-state index is 8.91. The average Bonchev–Trinajstić information content (AvgIpc) is 2.83. The molecule has 0 spiro atoms. The minimum absolute atomic E-state index is 0.695. The lowest BCUT2D eigenvalue weighted by Crippen LogP contribution is -2.14. The van der Waals surface area contributed by atoms with E-state index in [4.69, 9.17) is 5.26 Å². The van der Waals surface area contributed by atoms with E-state index in [1.165, 1.54) is 5.69 Å². The molecule has 0 amide bonds. The Bertz CT molecular complexity index is 811. The number of pyridine rings is 1. The van der Waals surface area contributed by atoms with Crippen molar-refractivity contribution >= 4 is 5.65 Å². The Morgan fingerprint density at radius 2 is 2.10 bits per heavy atom. The third-order valence-electron chi connectivity index (χ3n) is 3.51. The highest BCUT2D eigenvalue weighted by atomic mass is 15.0. The summed E-state index contributed by atoms with van der Waals surface area (Å²) in [6, 6.07) is 15.8. The van der Waals surface area contributed by atoms with Crippen LogP contribution in [0.2, 0.25) is 0 Å². The number of rotatable bonds is 4. The predicted molar refractivity (Wildman–Crippen MR) is 81.6 cm³/mol. The number of aromatic nitrogens is 2. The van der Waals surface area contributed by atoms with Gasteiger partial charge >= 0.3 is 0 Å². The topological polar surface area (TPSA) is 53.1 Å². The van der Waals surface area contributed by atoms with Crippen molar-refractivity contribution < 1.29 is 0 Å². The van der Waals surface area contributed by atoms with Gasteiger partial charge in [0.1, 0.15) is 5.65 Å². The first-order chi connectivity index (χ1) is 10.3. The molecule has 3 rings (SSSR count). The number of hydrogen-bond acceptors (Lipinski definition) is 3. The molecule has 0 unspecified atom stereocenters. The fourth-order valence-electron chi connectivity index (χ4n) is 2.45. The molecule has 0 aliphatic carbocycles. The standard InChI is InChI=1S/C17H16N4/c1-13-16(21-8-3-2-7-17(21)20-13)12-19-11-15-6-4-5-14(9-15)10-18/h2-9,19H,11-12H2,1H3. The molecule has 0 bridgehead atoms. The minimum atomic E-state index is 0.695. The molecule has 0 saturated carbocycles. The van der Waals surface area contributed by atoms with Crippen LogP contribution in [-0.2, 0) is 13.1 Å². The van der Waals surface area contributed by atoms with Crippen LogP contribution in [-0.4, -0.2) is 9.38 Å². The normalized spacial score (nSPS) is 10.7. The Morgan fingerprint density at radius 3 is 2.95 bits per heavy atom. The second kappa shape index (κ2) is 5.78. The highest BCUT2D eigenvalue weighted by molar-refractivity contribution is 5.42. The van der Waals surface area contributed by atoms with E-state index in [0.29, 0.717) is 5.56 Å². The van der Waals surface area contributed by atoms with E-state index in [0.717, 1.165) is 30.0 Å². The van der Waals surface area contributed by atoms with Crippen LogP contribution >= 0.6 is 0 Å². The van der Waals surface area contributed by atoms with Crippen molar-refractivity contribution in [2.75, 3.05) is 0 Å². The number of nitriles is 1. The molecule has 0 fully saturated rings. The first-order valence-corrected chi connectivity index (χ1v) is 6.90. The average molecular weight is 276 g/mol. The molecule has 1 N–H and O–H groups in total. The third kappa shape index (κ3) is 2.78. The summed E-state index contributed by atoms with van der Waals surface area (Å²) in [4.78, 5) is 4.55.